The van der Waals surface area contributed by atoms with Crippen molar-refractivity contribution in [1.82, 2.24) is 18.7 Å². The third kappa shape index (κ3) is 7.95. The van der Waals surface area contributed by atoms with Crippen molar-refractivity contribution in [2.24, 2.45) is 9.51 Å². The van der Waals surface area contributed by atoms with Gasteiger partial charge in [0.05, 0.1) is 14.2 Å². The van der Waals surface area contributed by atoms with Crippen LogP contribution in [-0.4, -0.2) is 99.0 Å². The summed E-state index contributed by atoms with van der Waals surface area (Å²) < 4.78 is 31.0. The van der Waals surface area contributed by atoms with Crippen LogP contribution in [0, 0.1) is 0 Å². The summed E-state index contributed by atoms with van der Waals surface area (Å²) >= 11 is 6.72. The van der Waals surface area contributed by atoms with Gasteiger partial charge in [0.25, 0.3) is 0 Å². The molecule has 13 heteroatoms. The second-order valence-electron chi connectivity index (χ2n) is 13.6. The molecule has 0 unspecified atom stereocenters. The monoisotopic (exact) mass is 676 g/mol. The Morgan fingerprint density at radius 3 is 1.20 bits per heavy atom. The van der Waals surface area contributed by atoms with Gasteiger partial charge in [-0.2, -0.15) is 0 Å². The summed E-state index contributed by atoms with van der Waals surface area (Å²) in [6, 6.07) is 0.115. The van der Waals surface area contributed by atoms with Gasteiger partial charge in [0.2, 0.25) is 0 Å². The molecule has 0 atom stereocenters. The number of hydrogen-bond acceptors (Lipinski definition) is 7. The number of esters is 2. The fraction of sp³-hybridized carbons (Fsp3) is 0.839. The van der Waals surface area contributed by atoms with Gasteiger partial charge < -0.3 is 9.47 Å². The van der Waals surface area contributed by atoms with Gasteiger partial charge >= 0.3 is 11.9 Å². The summed E-state index contributed by atoms with van der Waals surface area (Å²) in [4.78, 5) is 28.0. The molecule has 0 saturated heterocycles. The van der Waals surface area contributed by atoms with Crippen LogP contribution in [0.1, 0.15) is 111 Å². The third-order valence-electron chi connectivity index (χ3n) is 7.47. The molecular formula is C31H62N6O4P2S. The van der Waals surface area contributed by atoms with Gasteiger partial charge in [0.1, 0.15) is 18.2 Å². The first kappa shape index (κ1) is 41.1. The van der Waals surface area contributed by atoms with Gasteiger partial charge in [0, 0.05) is 48.3 Å². The van der Waals surface area contributed by atoms with Crippen molar-refractivity contribution in [3.63, 3.8) is 0 Å². The Kier molecular flexibility index (Phi) is 15.2. The molecule has 1 aliphatic heterocycles. The maximum Gasteiger partial charge on any atom is 0.343 e. The van der Waals surface area contributed by atoms with Crippen molar-refractivity contribution in [3.05, 3.63) is 10.9 Å². The van der Waals surface area contributed by atoms with Crippen LogP contribution in [0.2, 0.25) is 0 Å². The SMILES string of the molecule is COC(=O)C1=C(C(=O)OC)P(N(C(C)C)C(C)C)(N(C(C)C)C(C)C)=N/C1=N\P(=S)(N(C(C)C)C(C)C)N(C(C)C)C(C)C. The fourth-order valence-electron chi connectivity index (χ4n) is 6.85. The fourth-order valence-corrected chi connectivity index (χ4v) is 17.5. The summed E-state index contributed by atoms with van der Waals surface area (Å²) in [6.07, 6.45) is 0. The van der Waals surface area contributed by atoms with Gasteiger partial charge in [-0.1, -0.05) is 0 Å². The van der Waals surface area contributed by atoms with Crippen LogP contribution in [0.3, 0.4) is 0 Å². The lowest BCUT2D eigenvalue weighted by Gasteiger charge is -2.50. The topological polar surface area (TPSA) is 90.3 Å². The molecule has 1 heterocycles. The maximum atomic E-state index is 14.1. The van der Waals surface area contributed by atoms with Crippen molar-refractivity contribution in [1.29, 1.82) is 0 Å². The number of carbonyl (C=O) groups is 2. The van der Waals surface area contributed by atoms with Crippen LogP contribution in [0.15, 0.2) is 20.4 Å². The lowest BCUT2D eigenvalue weighted by Crippen LogP contribution is -2.46. The van der Waals surface area contributed by atoms with E-state index >= 15 is 0 Å². The van der Waals surface area contributed by atoms with Crippen LogP contribution >= 0.6 is 13.8 Å². The summed E-state index contributed by atoms with van der Waals surface area (Å²) in [7, 11) is -0.523. The molecule has 256 valence electrons. The van der Waals surface area contributed by atoms with Gasteiger partial charge in [-0.15, -0.1) is 0 Å². The van der Waals surface area contributed by atoms with E-state index in [0.29, 0.717) is 0 Å². The normalized spacial score (nSPS) is 17.2. The average molecular weight is 677 g/mol. The van der Waals surface area contributed by atoms with Gasteiger partial charge in [-0.3, -0.25) is 0 Å². The van der Waals surface area contributed by atoms with Crippen molar-refractivity contribution in [2.45, 2.75) is 159 Å². The number of hydrogen-bond donors (Lipinski definition) is 0. The Morgan fingerprint density at radius 1 is 0.636 bits per heavy atom. The molecule has 0 saturated carbocycles. The molecule has 0 aliphatic carbocycles. The molecule has 0 radical (unpaired) electrons. The Labute approximate surface area is 274 Å². The minimum absolute atomic E-state index is 0.0290. The highest BCUT2D eigenvalue weighted by molar-refractivity contribution is 8.11. The van der Waals surface area contributed by atoms with E-state index in [4.69, 9.17) is 30.8 Å². The van der Waals surface area contributed by atoms with Crippen LogP contribution in [0.5, 0.6) is 0 Å². The number of methoxy groups -OCH3 is 2. The molecule has 10 nitrogen and oxygen atoms in total. The Balaban J connectivity index is 4.86. The first-order valence-corrected chi connectivity index (χ1v) is 20.3. The molecule has 0 aromatic rings. The summed E-state index contributed by atoms with van der Waals surface area (Å²) in [5, 5.41) is 0.221. The standard InChI is InChI=1S/C31H62N6O4P2S/c1-19(2)34(20(3)4)42(35(21(5)6)22(7)8)28(31(39)41-18)27(30(38)40-17)29(32-42)33-43(44,36(23(9)10)24(11)12)37(25(13)14)26(15)16/h19-26H,1-18H3/b33-29-. The first-order chi connectivity index (χ1) is 20.1. The predicted octanol–water partition coefficient (Wildman–Crippen LogP) is 7.73. The third-order valence-corrected chi connectivity index (χ3v) is 17.0. The number of ether oxygens (including phenoxy) is 2. The largest absolute Gasteiger partial charge is 0.465 e. The lowest BCUT2D eigenvalue weighted by atomic mass is 10.2. The maximum absolute atomic E-state index is 14.1. The van der Waals surface area contributed by atoms with Crippen molar-refractivity contribution in [3.8, 4) is 0 Å². The minimum Gasteiger partial charge on any atom is -0.465 e. The summed E-state index contributed by atoms with van der Waals surface area (Å²) in [5.74, 6) is -1.09. The van der Waals surface area contributed by atoms with E-state index in [-0.39, 0.29) is 65.1 Å². The van der Waals surface area contributed by atoms with Gasteiger partial charge in [-0.05, 0) is 123 Å². The Bertz CT molecular complexity index is 1110. The van der Waals surface area contributed by atoms with Crippen LogP contribution in [-0.2, 0) is 30.9 Å². The minimum atomic E-state index is -3.20. The quantitative estimate of drug-likeness (QED) is 0.128. The second-order valence-corrected chi connectivity index (χ2v) is 19.9. The van der Waals surface area contributed by atoms with E-state index in [0.717, 1.165) is 0 Å². The van der Waals surface area contributed by atoms with Gasteiger partial charge in [0.15, 0.2) is 12.3 Å². The molecule has 1 rings (SSSR count). The summed E-state index contributed by atoms with van der Waals surface area (Å²) in [5.41, 5.74) is 0.0550. The van der Waals surface area contributed by atoms with Crippen molar-refractivity contribution >= 4 is 43.4 Å². The molecule has 0 aromatic carbocycles. The number of carbonyl (C=O) groups excluding carboxylic acids is 2. The molecule has 0 amide bonds. The smallest absolute Gasteiger partial charge is 0.343 e. The van der Waals surface area contributed by atoms with E-state index in [2.05, 4.69) is 129 Å². The zero-order valence-corrected chi connectivity index (χ0v) is 33.3. The number of amidine groups is 1. The molecule has 0 bridgehead atoms. The molecule has 0 N–H and O–H groups in total. The van der Waals surface area contributed by atoms with E-state index in [1.54, 1.807) is 0 Å². The highest BCUT2D eigenvalue weighted by Crippen LogP contribution is 2.71. The first-order valence-electron chi connectivity index (χ1n) is 16.0. The second kappa shape index (κ2) is 16.3. The molecule has 0 aromatic heterocycles. The van der Waals surface area contributed by atoms with E-state index in [9.17, 15) is 9.59 Å². The average Bonchev–Trinajstić information content (AvgIpc) is 3.14. The van der Waals surface area contributed by atoms with E-state index < -0.39 is 25.8 Å². The van der Waals surface area contributed by atoms with E-state index in [1.807, 2.05) is 0 Å². The van der Waals surface area contributed by atoms with Crippen molar-refractivity contribution in [2.75, 3.05) is 14.2 Å². The van der Waals surface area contributed by atoms with Crippen LogP contribution in [0.4, 0.5) is 0 Å². The molecule has 0 fully saturated rings. The highest BCUT2D eigenvalue weighted by Gasteiger charge is 2.54. The zero-order chi connectivity index (χ0) is 34.6. The summed E-state index contributed by atoms with van der Waals surface area (Å²) in [6.45, 7) is 30.8. The van der Waals surface area contributed by atoms with Crippen molar-refractivity contribution < 1.29 is 19.1 Å². The van der Waals surface area contributed by atoms with Gasteiger partial charge in [-0.25, -0.2) is 37.8 Å². The molecule has 0 spiro atoms. The lowest BCUT2D eigenvalue weighted by molar-refractivity contribution is -0.138. The molecule has 44 heavy (non-hydrogen) atoms. The Hall–Kier alpha value is -0.930. The Morgan fingerprint density at radius 2 is 0.955 bits per heavy atom. The number of rotatable bonds is 15. The zero-order valence-electron chi connectivity index (χ0n) is 30.7. The predicted molar refractivity (Wildman–Crippen MR) is 191 cm³/mol. The molecular weight excluding hydrogens is 614 g/mol. The highest BCUT2D eigenvalue weighted by atomic mass is 32.4. The van der Waals surface area contributed by atoms with E-state index in [1.165, 1.54) is 14.2 Å². The van der Waals surface area contributed by atoms with Crippen LogP contribution in [0.25, 0.3) is 0 Å². The molecule has 1 aliphatic rings. The number of nitrogens with zero attached hydrogens (tertiary/aromatic N) is 6. The van der Waals surface area contributed by atoms with Crippen LogP contribution < -0.4 is 0 Å².